The van der Waals surface area contributed by atoms with Crippen molar-refractivity contribution in [2.24, 2.45) is 5.92 Å². The summed E-state index contributed by atoms with van der Waals surface area (Å²) in [7, 11) is 0. The number of aliphatic carboxylic acids is 1. The van der Waals surface area contributed by atoms with Crippen molar-refractivity contribution in [1.29, 1.82) is 0 Å². The van der Waals surface area contributed by atoms with Gasteiger partial charge in [-0.1, -0.05) is 49.6 Å². The van der Waals surface area contributed by atoms with E-state index >= 15 is 0 Å². The Morgan fingerprint density at radius 2 is 1.81 bits per heavy atom. The van der Waals surface area contributed by atoms with Gasteiger partial charge in [0.05, 0.1) is 5.92 Å². The maximum atomic E-state index is 13.0. The number of carboxylic acid groups (broad SMARTS) is 1. The number of carboxylic acids is 1. The van der Waals surface area contributed by atoms with Crippen molar-refractivity contribution in [2.75, 3.05) is 12.4 Å². The molecule has 3 nitrogen and oxygen atoms in total. The number of hydrogen-bond donors (Lipinski definition) is 1. The first kappa shape index (κ1) is 24.2. The minimum absolute atomic E-state index is 0.0626. The van der Waals surface area contributed by atoms with Crippen LogP contribution in [0.3, 0.4) is 0 Å². The second-order valence-corrected chi connectivity index (χ2v) is 7.82. The van der Waals surface area contributed by atoms with Crippen LogP contribution < -0.4 is 4.74 Å². The van der Waals surface area contributed by atoms with Crippen molar-refractivity contribution >= 4 is 23.3 Å². The number of thioether (sulfide) groups is 1. The van der Waals surface area contributed by atoms with E-state index in [0.29, 0.717) is 18.6 Å². The van der Waals surface area contributed by atoms with Crippen LogP contribution in [0.2, 0.25) is 0 Å². The van der Waals surface area contributed by atoms with Crippen LogP contribution in [0.1, 0.15) is 17.5 Å². The van der Waals surface area contributed by atoms with E-state index in [2.05, 4.69) is 19.7 Å². The van der Waals surface area contributed by atoms with Crippen molar-refractivity contribution in [2.45, 2.75) is 12.8 Å². The molecule has 0 heterocycles. The minimum atomic E-state index is -0.912. The molecule has 162 valence electrons. The first-order valence-corrected chi connectivity index (χ1v) is 10.9. The molecular weight excluding hydrogens is 411 g/mol. The van der Waals surface area contributed by atoms with Gasteiger partial charge in [-0.25, -0.2) is 4.39 Å². The van der Waals surface area contributed by atoms with Gasteiger partial charge >= 0.3 is 5.97 Å². The number of allylic oxidation sites excluding steroid dienone is 3. The second-order valence-electron chi connectivity index (χ2n) is 6.92. The largest absolute Gasteiger partial charge is 0.493 e. The van der Waals surface area contributed by atoms with Crippen LogP contribution in [0.15, 0.2) is 91.4 Å². The van der Waals surface area contributed by atoms with Gasteiger partial charge < -0.3 is 9.84 Å². The first-order chi connectivity index (χ1) is 14.9. The molecule has 0 bridgehead atoms. The summed E-state index contributed by atoms with van der Waals surface area (Å²) in [5, 5.41) is 11.5. The molecule has 0 aliphatic heterocycles. The number of ether oxygens (including phenoxy) is 1. The summed E-state index contributed by atoms with van der Waals surface area (Å²) in [5.41, 5.74) is 3.65. The Labute approximate surface area is 187 Å². The van der Waals surface area contributed by atoms with Crippen LogP contribution >= 0.6 is 11.8 Å². The van der Waals surface area contributed by atoms with Gasteiger partial charge in [-0.3, -0.25) is 4.79 Å². The second kappa shape index (κ2) is 12.6. The molecule has 0 aliphatic carbocycles. The summed E-state index contributed by atoms with van der Waals surface area (Å²) in [6.45, 7) is 11.6. The number of carbonyl (C=O) groups is 1. The zero-order chi connectivity index (χ0) is 22.6. The van der Waals surface area contributed by atoms with Gasteiger partial charge in [0.25, 0.3) is 0 Å². The first-order valence-electron chi connectivity index (χ1n) is 9.89. The third kappa shape index (κ3) is 7.95. The van der Waals surface area contributed by atoms with Gasteiger partial charge in [-0.2, -0.15) is 0 Å². The highest BCUT2D eigenvalue weighted by molar-refractivity contribution is 8.02. The average molecular weight is 439 g/mol. The van der Waals surface area contributed by atoms with Crippen LogP contribution in [-0.4, -0.2) is 23.4 Å². The Kier molecular flexibility index (Phi) is 9.85. The Morgan fingerprint density at radius 1 is 1.13 bits per heavy atom. The fraction of sp³-hybridized carbons (Fsp3) is 0.192. The number of rotatable bonds is 13. The number of halogens is 1. The molecule has 0 aromatic heterocycles. The smallest absolute Gasteiger partial charge is 0.309 e. The molecule has 0 fully saturated rings. The summed E-state index contributed by atoms with van der Waals surface area (Å²) in [6.07, 6.45) is 4.50. The molecule has 1 unspecified atom stereocenters. The molecule has 0 spiro atoms. The lowest BCUT2D eigenvalue weighted by Crippen LogP contribution is -2.22. The topological polar surface area (TPSA) is 46.5 Å². The Hall–Kier alpha value is -3.05. The SMILES string of the molecule is C=CCS/C=C(\C(=C)C=C)c1ccc(OCC(CCc2ccc(F)cc2)C(=O)O)cc1. The fourth-order valence-electron chi connectivity index (χ4n) is 2.84. The van der Waals surface area contributed by atoms with E-state index in [-0.39, 0.29) is 12.4 Å². The predicted octanol–water partition coefficient (Wildman–Crippen LogP) is 6.54. The molecule has 2 aromatic rings. The summed E-state index contributed by atoms with van der Waals surface area (Å²) in [5.74, 6) is -0.483. The Bertz CT molecular complexity index is 930. The molecule has 31 heavy (non-hydrogen) atoms. The van der Waals surface area contributed by atoms with Gasteiger partial charge in [0.2, 0.25) is 0 Å². The maximum Gasteiger partial charge on any atom is 0.309 e. The summed E-state index contributed by atoms with van der Waals surface area (Å²) in [6, 6.07) is 13.6. The number of aryl methyl sites for hydroxylation is 1. The molecule has 0 aliphatic rings. The Balaban J connectivity index is 1.99. The molecule has 0 amide bonds. The zero-order valence-corrected chi connectivity index (χ0v) is 18.2. The highest BCUT2D eigenvalue weighted by Crippen LogP contribution is 2.28. The van der Waals surface area contributed by atoms with Crippen molar-refractivity contribution in [3.8, 4) is 5.75 Å². The van der Waals surface area contributed by atoms with Gasteiger partial charge in [0, 0.05) is 5.75 Å². The Morgan fingerprint density at radius 3 is 2.39 bits per heavy atom. The highest BCUT2D eigenvalue weighted by atomic mass is 32.2. The third-order valence-electron chi connectivity index (χ3n) is 4.67. The molecule has 2 aromatic carbocycles. The summed E-state index contributed by atoms with van der Waals surface area (Å²) < 4.78 is 18.7. The lowest BCUT2D eigenvalue weighted by Gasteiger charge is -2.15. The van der Waals surface area contributed by atoms with Crippen LogP contribution in [0.25, 0.3) is 5.57 Å². The molecular formula is C26H27FO3S. The standard InChI is InChI=1S/C26H27FO3S/c1-4-16-31-18-25(19(3)5-2)21-10-14-24(15-11-21)30-17-22(26(28)29)9-6-20-7-12-23(27)13-8-20/h4-5,7-8,10-15,18,22H,1-3,6,9,16-17H2,(H,28,29)/b25-18+. The van der Waals surface area contributed by atoms with Crippen LogP contribution in [0.5, 0.6) is 5.75 Å². The van der Waals surface area contributed by atoms with E-state index in [1.165, 1.54) is 12.1 Å². The minimum Gasteiger partial charge on any atom is -0.493 e. The van der Waals surface area contributed by atoms with E-state index < -0.39 is 11.9 Å². The molecule has 1 atom stereocenters. The molecule has 2 rings (SSSR count). The molecule has 5 heteroatoms. The number of benzene rings is 2. The van der Waals surface area contributed by atoms with Crippen molar-refractivity contribution in [3.05, 3.63) is 108 Å². The van der Waals surface area contributed by atoms with E-state index in [0.717, 1.165) is 28.0 Å². The highest BCUT2D eigenvalue weighted by Gasteiger charge is 2.18. The zero-order valence-electron chi connectivity index (χ0n) is 17.4. The monoisotopic (exact) mass is 438 g/mol. The molecule has 0 saturated heterocycles. The third-order valence-corrected chi connectivity index (χ3v) is 5.50. The van der Waals surface area contributed by atoms with Gasteiger partial charge in [-0.05, 0) is 64.8 Å². The number of hydrogen-bond acceptors (Lipinski definition) is 3. The van der Waals surface area contributed by atoms with Crippen LogP contribution in [0, 0.1) is 11.7 Å². The van der Waals surface area contributed by atoms with E-state index in [4.69, 9.17) is 4.74 Å². The van der Waals surface area contributed by atoms with Crippen molar-refractivity contribution in [3.63, 3.8) is 0 Å². The van der Waals surface area contributed by atoms with Crippen molar-refractivity contribution in [1.82, 2.24) is 0 Å². The van der Waals surface area contributed by atoms with E-state index in [1.54, 1.807) is 30.0 Å². The molecule has 0 saturated carbocycles. The fourth-order valence-corrected chi connectivity index (χ4v) is 3.52. The summed E-state index contributed by atoms with van der Waals surface area (Å²) in [4.78, 5) is 11.6. The normalized spacial score (nSPS) is 12.1. The van der Waals surface area contributed by atoms with Crippen LogP contribution in [-0.2, 0) is 11.2 Å². The van der Waals surface area contributed by atoms with Gasteiger partial charge in [0.1, 0.15) is 18.2 Å². The van der Waals surface area contributed by atoms with Gasteiger partial charge in [0.15, 0.2) is 0 Å². The molecule has 0 radical (unpaired) electrons. The van der Waals surface area contributed by atoms with E-state index in [9.17, 15) is 14.3 Å². The summed E-state index contributed by atoms with van der Waals surface area (Å²) >= 11 is 1.62. The lowest BCUT2D eigenvalue weighted by molar-refractivity contribution is -0.143. The quantitative estimate of drug-likeness (QED) is 0.219. The predicted molar refractivity (Wildman–Crippen MR) is 128 cm³/mol. The maximum absolute atomic E-state index is 13.0. The van der Waals surface area contributed by atoms with Crippen LogP contribution in [0.4, 0.5) is 4.39 Å². The lowest BCUT2D eigenvalue weighted by atomic mass is 10.00. The average Bonchev–Trinajstić information content (AvgIpc) is 2.78. The van der Waals surface area contributed by atoms with E-state index in [1.807, 2.05) is 35.7 Å². The molecule has 1 N–H and O–H groups in total. The van der Waals surface area contributed by atoms with Crippen molar-refractivity contribution < 1.29 is 19.0 Å². The van der Waals surface area contributed by atoms with Gasteiger partial charge in [-0.15, -0.1) is 18.3 Å².